The first-order chi connectivity index (χ1) is 9.65. The van der Waals surface area contributed by atoms with E-state index in [9.17, 15) is 4.79 Å². The monoisotopic (exact) mass is 267 g/mol. The number of hydrogen-bond donors (Lipinski definition) is 3. The van der Waals surface area contributed by atoms with Gasteiger partial charge in [-0.1, -0.05) is 0 Å². The molecular formula is C14H13N5O. The van der Waals surface area contributed by atoms with Gasteiger partial charge in [0.1, 0.15) is 5.82 Å². The fraction of sp³-hybridized carbons (Fsp3) is 0.0714. The average Bonchev–Trinajstić information content (AvgIpc) is 2.82. The van der Waals surface area contributed by atoms with Crippen LogP contribution in [0, 0.1) is 6.92 Å². The molecule has 0 atom stereocenters. The normalized spacial score (nSPS) is 10.7. The molecule has 2 aromatic heterocycles. The minimum absolute atomic E-state index is 0.442. The van der Waals surface area contributed by atoms with E-state index in [0.29, 0.717) is 5.56 Å². The summed E-state index contributed by atoms with van der Waals surface area (Å²) in [5, 5.41) is 11.3. The maximum Gasteiger partial charge on any atom is 0.248 e. The van der Waals surface area contributed by atoms with E-state index >= 15 is 0 Å². The number of anilines is 2. The molecule has 0 bridgehead atoms. The molecule has 0 aliphatic heterocycles. The number of aromatic amines is 1. The number of fused-ring (bicyclic) bond motifs is 1. The number of hydrogen-bond acceptors (Lipinski definition) is 4. The highest BCUT2D eigenvalue weighted by Crippen LogP contribution is 2.25. The molecule has 4 N–H and O–H groups in total. The molecule has 0 unspecified atom stereocenters. The summed E-state index contributed by atoms with van der Waals surface area (Å²) in [5.41, 5.74) is 8.32. The lowest BCUT2D eigenvalue weighted by Crippen LogP contribution is -2.10. The molecule has 6 nitrogen and oxygen atoms in total. The second-order valence-electron chi connectivity index (χ2n) is 4.47. The van der Waals surface area contributed by atoms with Crippen molar-refractivity contribution in [3.63, 3.8) is 0 Å². The number of pyridine rings is 1. The highest BCUT2D eigenvalue weighted by Gasteiger charge is 2.08. The summed E-state index contributed by atoms with van der Waals surface area (Å²) < 4.78 is 0. The third-order valence-electron chi connectivity index (χ3n) is 3.08. The number of aryl methyl sites for hydroxylation is 1. The van der Waals surface area contributed by atoms with Gasteiger partial charge in [-0.3, -0.25) is 9.89 Å². The van der Waals surface area contributed by atoms with Crippen LogP contribution in [-0.4, -0.2) is 21.1 Å². The van der Waals surface area contributed by atoms with Crippen LogP contribution < -0.4 is 11.1 Å². The minimum atomic E-state index is -0.442. The molecular weight excluding hydrogens is 254 g/mol. The van der Waals surface area contributed by atoms with Crippen LogP contribution in [0.25, 0.3) is 10.9 Å². The Balaban J connectivity index is 1.96. The first-order valence-electron chi connectivity index (χ1n) is 6.12. The molecule has 1 amide bonds. The number of nitrogens with two attached hydrogens (primary N) is 1. The third-order valence-corrected chi connectivity index (χ3v) is 3.08. The molecule has 0 saturated carbocycles. The number of carbonyl (C=O) groups excluding carboxylic acids is 1. The molecule has 0 fully saturated rings. The molecule has 0 spiro atoms. The third kappa shape index (κ3) is 2.07. The second-order valence-corrected chi connectivity index (χ2v) is 4.47. The fourth-order valence-electron chi connectivity index (χ4n) is 2.06. The van der Waals surface area contributed by atoms with Crippen LogP contribution in [0.1, 0.15) is 16.1 Å². The highest BCUT2D eigenvalue weighted by atomic mass is 16.1. The second kappa shape index (κ2) is 4.65. The molecule has 3 aromatic rings. The number of nitrogens with zero attached hydrogens (tertiary/aromatic N) is 2. The average molecular weight is 267 g/mol. The van der Waals surface area contributed by atoms with E-state index in [1.54, 1.807) is 30.5 Å². The zero-order chi connectivity index (χ0) is 14.1. The van der Waals surface area contributed by atoms with Crippen molar-refractivity contribution in [3.8, 4) is 0 Å². The minimum Gasteiger partial charge on any atom is -0.366 e. The lowest BCUT2D eigenvalue weighted by molar-refractivity contribution is 0.100. The molecule has 100 valence electrons. The van der Waals surface area contributed by atoms with Crippen molar-refractivity contribution in [2.75, 3.05) is 5.32 Å². The molecule has 3 rings (SSSR count). The van der Waals surface area contributed by atoms with E-state index in [4.69, 9.17) is 5.73 Å². The Morgan fingerprint density at radius 1 is 1.25 bits per heavy atom. The van der Waals surface area contributed by atoms with Crippen LogP contribution in [0.3, 0.4) is 0 Å². The smallest absolute Gasteiger partial charge is 0.248 e. The summed E-state index contributed by atoms with van der Waals surface area (Å²) in [7, 11) is 0. The number of primary amides is 1. The van der Waals surface area contributed by atoms with Gasteiger partial charge in [-0.2, -0.15) is 5.10 Å². The van der Waals surface area contributed by atoms with Crippen LogP contribution in [-0.2, 0) is 0 Å². The predicted molar refractivity (Wildman–Crippen MR) is 76.9 cm³/mol. The Morgan fingerprint density at radius 3 is 2.70 bits per heavy atom. The van der Waals surface area contributed by atoms with Crippen molar-refractivity contribution in [3.05, 3.63) is 47.8 Å². The number of rotatable bonds is 3. The lowest BCUT2D eigenvalue weighted by Gasteiger charge is -2.07. The molecule has 6 heteroatoms. The van der Waals surface area contributed by atoms with Crippen molar-refractivity contribution in [2.24, 2.45) is 5.73 Å². The largest absolute Gasteiger partial charge is 0.366 e. The first kappa shape index (κ1) is 12.2. The Labute approximate surface area is 115 Å². The summed E-state index contributed by atoms with van der Waals surface area (Å²) in [6, 6.07) is 8.77. The molecule has 0 aliphatic carbocycles. The van der Waals surface area contributed by atoms with Gasteiger partial charge in [0.05, 0.1) is 10.9 Å². The van der Waals surface area contributed by atoms with Crippen molar-refractivity contribution in [1.82, 2.24) is 15.2 Å². The van der Waals surface area contributed by atoms with Crippen LogP contribution in [0.4, 0.5) is 11.5 Å². The Morgan fingerprint density at radius 2 is 2.00 bits per heavy atom. The van der Waals surface area contributed by atoms with E-state index in [-0.39, 0.29) is 0 Å². The van der Waals surface area contributed by atoms with Crippen LogP contribution in [0.15, 0.2) is 36.5 Å². The fourth-order valence-corrected chi connectivity index (χ4v) is 2.06. The highest BCUT2D eigenvalue weighted by molar-refractivity contribution is 5.94. The van der Waals surface area contributed by atoms with E-state index in [1.807, 2.05) is 13.0 Å². The maximum absolute atomic E-state index is 11.0. The zero-order valence-electron chi connectivity index (χ0n) is 10.8. The standard InChI is InChI=1S/C14H13N5O/c1-8-12-11(19-18-8)6-7-16-14(12)17-10-4-2-9(3-5-10)13(15)20/h2-7H,1H3,(H2,15,20)(H,16,17)(H,18,19). The Hall–Kier alpha value is -2.89. The molecule has 0 radical (unpaired) electrons. The number of aromatic nitrogens is 3. The molecule has 20 heavy (non-hydrogen) atoms. The van der Waals surface area contributed by atoms with E-state index < -0.39 is 5.91 Å². The van der Waals surface area contributed by atoms with Crippen molar-refractivity contribution < 1.29 is 4.79 Å². The molecule has 1 aromatic carbocycles. The van der Waals surface area contributed by atoms with E-state index in [2.05, 4.69) is 20.5 Å². The molecule has 2 heterocycles. The van der Waals surface area contributed by atoms with Crippen molar-refractivity contribution >= 4 is 28.3 Å². The Bertz CT molecular complexity index is 776. The van der Waals surface area contributed by atoms with Gasteiger partial charge >= 0.3 is 0 Å². The van der Waals surface area contributed by atoms with E-state index in [0.717, 1.165) is 28.1 Å². The van der Waals surface area contributed by atoms with Crippen molar-refractivity contribution in [1.29, 1.82) is 0 Å². The van der Waals surface area contributed by atoms with Gasteiger partial charge in [-0.15, -0.1) is 0 Å². The first-order valence-corrected chi connectivity index (χ1v) is 6.12. The van der Waals surface area contributed by atoms with E-state index in [1.165, 1.54) is 0 Å². The summed E-state index contributed by atoms with van der Waals surface area (Å²) in [6.45, 7) is 1.94. The zero-order valence-corrected chi connectivity index (χ0v) is 10.8. The summed E-state index contributed by atoms with van der Waals surface area (Å²) in [6.07, 6.45) is 1.70. The summed E-state index contributed by atoms with van der Waals surface area (Å²) >= 11 is 0. The number of benzene rings is 1. The van der Waals surface area contributed by atoms with Crippen LogP contribution >= 0.6 is 0 Å². The van der Waals surface area contributed by atoms with Crippen LogP contribution in [0.5, 0.6) is 0 Å². The van der Waals surface area contributed by atoms with Crippen molar-refractivity contribution in [2.45, 2.75) is 6.92 Å². The summed E-state index contributed by atoms with van der Waals surface area (Å²) in [5.74, 6) is 0.281. The maximum atomic E-state index is 11.0. The van der Waals surface area contributed by atoms with Gasteiger partial charge in [0, 0.05) is 23.1 Å². The van der Waals surface area contributed by atoms with Gasteiger partial charge < -0.3 is 11.1 Å². The Kier molecular flexibility index (Phi) is 2.83. The van der Waals surface area contributed by atoms with Gasteiger partial charge in [0.15, 0.2) is 0 Å². The number of H-pyrrole nitrogens is 1. The molecule has 0 saturated heterocycles. The summed E-state index contributed by atoms with van der Waals surface area (Å²) in [4.78, 5) is 15.4. The predicted octanol–water partition coefficient (Wildman–Crippen LogP) is 2.11. The number of nitrogens with one attached hydrogen (secondary N) is 2. The lowest BCUT2D eigenvalue weighted by atomic mass is 10.2. The molecule has 0 aliphatic rings. The topological polar surface area (TPSA) is 96.7 Å². The van der Waals surface area contributed by atoms with Crippen LogP contribution in [0.2, 0.25) is 0 Å². The SMILES string of the molecule is Cc1[nH]nc2ccnc(Nc3ccc(C(N)=O)cc3)c12. The number of carbonyl (C=O) groups is 1. The number of amides is 1. The van der Waals surface area contributed by atoms with Gasteiger partial charge in [0.25, 0.3) is 0 Å². The van der Waals surface area contributed by atoms with Gasteiger partial charge in [-0.25, -0.2) is 4.98 Å². The quantitative estimate of drug-likeness (QED) is 0.677. The van der Waals surface area contributed by atoms with Gasteiger partial charge in [-0.05, 0) is 37.3 Å². The van der Waals surface area contributed by atoms with Gasteiger partial charge in [0.2, 0.25) is 5.91 Å².